The van der Waals surface area contributed by atoms with Crippen molar-refractivity contribution in [1.29, 1.82) is 0 Å². The van der Waals surface area contributed by atoms with Crippen molar-refractivity contribution < 1.29 is 14.2 Å². The number of nitrogens with two attached hydrogens (primary N) is 1. The second-order valence-corrected chi connectivity index (χ2v) is 5.35. The molecule has 5 heteroatoms. The lowest BCUT2D eigenvalue weighted by Gasteiger charge is -2.27. The second kappa shape index (κ2) is 8.32. The van der Waals surface area contributed by atoms with Gasteiger partial charge in [0.2, 0.25) is 0 Å². The van der Waals surface area contributed by atoms with Gasteiger partial charge in [-0.1, -0.05) is 25.1 Å². The predicted octanol–water partition coefficient (Wildman–Crippen LogP) is 1.40. The van der Waals surface area contributed by atoms with Gasteiger partial charge in [-0.25, -0.2) is 4.39 Å². The molecule has 114 valence electrons. The van der Waals surface area contributed by atoms with Crippen molar-refractivity contribution in [2.75, 3.05) is 33.9 Å². The number of aliphatic hydroxyl groups is 1. The number of halogens is 1. The van der Waals surface area contributed by atoms with Crippen LogP contribution < -0.4 is 5.73 Å². The highest BCUT2D eigenvalue weighted by Gasteiger charge is 2.20. The van der Waals surface area contributed by atoms with Gasteiger partial charge in [0.25, 0.3) is 0 Å². The molecule has 0 fully saturated rings. The number of likely N-dealkylation sites (N-methyl/N-ethyl adjacent to an activating group) is 1. The summed E-state index contributed by atoms with van der Waals surface area (Å²) in [5, 5.41) is 9.67. The Kier molecular flexibility index (Phi) is 7.09. The fraction of sp³-hybridized carbons (Fsp3) is 0.600. The van der Waals surface area contributed by atoms with Gasteiger partial charge in [0.1, 0.15) is 5.82 Å². The highest BCUT2D eigenvalue weighted by Crippen LogP contribution is 2.22. The minimum Gasteiger partial charge on any atom is -0.389 e. The van der Waals surface area contributed by atoms with Crippen LogP contribution in [0.2, 0.25) is 0 Å². The van der Waals surface area contributed by atoms with Crippen molar-refractivity contribution in [3.63, 3.8) is 0 Å². The summed E-state index contributed by atoms with van der Waals surface area (Å²) in [7, 11) is 3.46. The predicted molar refractivity (Wildman–Crippen MR) is 77.9 cm³/mol. The summed E-state index contributed by atoms with van der Waals surface area (Å²) in [4.78, 5) is 1.98. The van der Waals surface area contributed by atoms with Crippen molar-refractivity contribution in [2.45, 2.75) is 19.1 Å². The lowest BCUT2D eigenvalue weighted by molar-refractivity contribution is 0.0400. The molecule has 3 atom stereocenters. The van der Waals surface area contributed by atoms with Gasteiger partial charge >= 0.3 is 0 Å². The Morgan fingerprint density at radius 3 is 2.60 bits per heavy atom. The van der Waals surface area contributed by atoms with E-state index >= 15 is 0 Å². The van der Waals surface area contributed by atoms with E-state index in [1.54, 1.807) is 25.3 Å². The lowest BCUT2D eigenvalue weighted by Crippen LogP contribution is -2.37. The Labute approximate surface area is 120 Å². The molecule has 0 saturated heterocycles. The van der Waals surface area contributed by atoms with E-state index in [2.05, 4.69) is 0 Å². The van der Waals surface area contributed by atoms with Crippen LogP contribution in [-0.4, -0.2) is 50.0 Å². The van der Waals surface area contributed by atoms with Gasteiger partial charge in [-0.2, -0.15) is 0 Å². The fourth-order valence-electron chi connectivity index (χ4n) is 2.34. The maximum absolute atomic E-state index is 13.7. The van der Waals surface area contributed by atoms with Crippen LogP contribution in [0.15, 0.2) is 24.3 Å². The van der Waals surface area contributed by atoms with E-state index in [-0.39, 0.29) is 17.8 Å². The van der Waals surface area contributed by atoms with Crippen LogP contribution in [0.25, 0.3) is 0 Å². The van der Waals surface area contributed by atoms with Crippen LogP contribution in [0.3, 0.4) is 0 Å². The molecule has 0 aromatic heterocycles. The Morgan fingerprint density at radius 1 is 1.35 bits per heavy atom. The number of rotatable bonds is 8. The molecule has 0 amide bonds. The quantitative estimate of drug-likeness (QED) is 0.757. The minimum atomic E-state index is -0.526. The molecule has 3 N–H and O–H groups in total. The van der Waals surface area contributed by atoms with E-state index in [9.17, 15) is 9.50 Å². The number of methoxy groups -OCH3 is 1. The van der Waals surface area contributed by atoms with Crippen molar-refractivity contribution >= 4 is 0 Å². The monoisotopic (exact) mass is 284 g/mol. The second-order valence-electron chi connectivity index (χ2n) is 5.35. The number of benzene rings is 1. The third kappa shape index (κ3) is 5.17. The number of ether oxygens (including phenoxy) is 1. The summed E-state index contributed by atoms with van der Waals surface area (Å²) in [5.74, 6) is -0.194. The first-order chi connectivity index (χ1) is 9.45. The topological polar surface area (TPSA) is 58.7 Å². The SMILES string of the molecule is COCC(O)CN(C)CC(C)C(N)c1ccccc1F. The van der Waals surface area contributed by atoms with Crippen LogP contribution in [0.4, 0.5) is 4.39 Å². The summed E-state index contributed by atoms with van der Waals surface area (Å²) in [6.07, 6.45) is -0.526. The van der Waals surface area contributed by atoms with Gasteiger partial charge in [-0.3, -0.25) is 0 Å². The van der Waals surface area contributed by atoms with Crippen molar-refractivity contribution in [1.82, 2.24) is 4.90 Å². The molecule has 0 bridgehead atoms. The zero-order valence-corrected chi connectivity index (χ0v) is 12.4. The molecular weight excluding hydrogens is 259 g/mol. The molecule has 1 rings (SSSR count). The molecule has 0 aliphatic rings. The van der Waals surface area contributed by atoms with Gasteiger partial charge in [-0.05, 0) is 19.0 Å². The molecule has 4 nitrogen and oxygen atoms in total. The Balaban J connectivity index is 2.53. The van der Waals surface area contributed by atoms with Gasteiger partial charge in [-0.15, -0.1) is 0 Å². The first kappa shape index (κ1) is 17.0. The van der Waals surface area contributed by atoms with Crippen molar-refractivity contribution in [3.8, 4) is 0 Å². The van der Waals surface area contributed by atoms with Crippen LogP contribution in [0.5, 0.6) is 0 Å². The Bertz CT molecular complexity index is 403. The molecule has 0 heterocycles. The average molecular weight is 284 g/mol. The molecule has 0 saturated carbocycles. The standard InChI is InChI=1S/C15H25FN2O2/c1-11(8-18(2)9-12(19)10-20-3)15(17)13-6-4-5-7-14(13)16/h4-7,11-12,15,19H,8-10,17H2,1-3H3. The molecule has 1 aromatic rings. The maximum Gasteiger partial charge on any atom is 0.127 e. The molecule has 1 aromatic carbocycles. The largest absolute Gasteiger partial charge is 0.389 e. The normalized spacial score (nSPS) is 16.1. The van der Waals surface area contributed by atoms with Gasteiger partial charge in [0.15, 0.2) is 0 Å². The fourth-order valence-corrected chi connectivity index (χ4v) is 2.34. The molecule has 20 heavy (non-hydrogen) atoms. The summed E-state index contributed by atoms with van der Waals surface area (Å²) in [5.41, 5.74) is 6.66. The first-order valence-electron chi connectivity index (χ1n) is 6.81. The highest BCUT2D eigenvalue weighted by atomic mass is 19.1. The summed E-state index contributed by atoms with van der Waals surface area (Å²) in [6, 6.07) is 6.23. The Hall–Kier alpha value is -1.01. The van der Waals surface area contributed by atoms with E-state index in [1.165, 1.54) is 6.07 Å². The van der Waals surface area contributed by atoms with Gasteiger partial charge < -0.3 is 20.5 Å². The van der Waals surface area contributed by atoms with E-state index in [4.69, 9.17) is 10.5 Å². The third-order valence-electron chi connectivity index (χ3n) is 3.36. The molecule has 0 spiro atoms. The van der Waals surface area contributed by atoms with Gasteiger partial charge in [0, 0.05) is 31.8 Å². The number of nitrogens with zero attached hydrogens (tertiary/aromatic N) is 1. The van der Waals surface area contributed by atoms with Crippen LogP contribution in [0, 0.1) is 11.7 Å². The summed E-state index contributed by atoms with van der Waals surface area (Å²) >= 11 is 0. The minimum absolute atomic E-state index is 0.0756. The van der Waals surface area contributed by atoms with E-state index < -0.39 is 6.10 Å². The summed E-state index contributed by atoms with van der Waals surface area (Å²) in [6.45, 7) is 3.47. The average Bonchev–Trinajstić information content (AvgIpc) is 2.38. The number of aliphatic hydroxyl groups excluding tert-OH is 1. The van der Waals surface area contributed by atoms with E-state index in [0.717, 1.165) is 0 Å². The summed E-state index contributed by atoms with van der Waals surface area (Å²) < 4.78 is 18.6. The number of hydrogen-bond acceptors (Lipinski definition) is 4. The third-order valence-corrected chi connectivity index (χ3v) is 3.36. The van der Waals surface area contributed by atoms with E-state index in [0.29, 0.717) is 25.3 Å². The zero-order chi connectivity index (χ0) is 15.1. The molecule has 0 radical (unpaired) electrons. The van der Waals surface area contributed by atoms with E-state index in [1.807, 2.05) is 18.9 Å². The highest BCUT2D eigenvalue weighted by molar-refractivity contribution is 5.21. The van der Waals surface area contributed by atoms with Crippen LogP contribution in [0.1, 0.15) is 18.5 Å². The van der Waals surface area contributed by atoms with Gasteiger partial charge in [0.05, 0.1) is 12.7 Å². The lowest BCUT2D eigenvalue weighted by atomic mass is 9.94. The first-order valence-corrected chi connectivity index (χ1v) is 6.81. The molecule has 0 aliphatic heterocycles. The van der Waals surface area contributed by atoms with Crippen LogP contribution >= 0.6 is 0 Å². The Morgan fingerprint density at radius 2 is 2.00 bits per heavy atom. The maximum atomic E-state index is 13.7. The molecule has 3 unspecified atom stereocenters. The number of hydrogen-bond donors (Lipinski definition) is 2. The van der Waals surface area contributed by atoms with Crippen LogP contribution in [-0.2, 0) is 4.74 Å². The zero-order valence-electron chi connectivity index (χ0n) is 12.4. The van der Waals surface area contributed by atoms with Crippen molar-refractivity contribution in [2.24, 2.45) is 11.7 Å². The van der Waals surface area contributed by atoms with Crippen molar-refractivity contribution in [3.05, 3.63) is 35.6 Å². The smallest absolute Gasteiger partial charge is 0.127 e. The molecule has 0 aliphatic carbocycles. The molecular formula is C15H25FN2O2.